The molecule has 0 radical (unpaired) electrons. The van der Waals surface area contributed by atoms with Crippen LogP contribution in [-0.2, 0) is 14.7 Å². The minimum Gasteiger partial charge on any atom is -0.399 e. The van der Waals surface area contributed by atoms with Crippen molar-refractivity contribution in [3.05, 3.63) is 53.3 Å². The molecule has 1 amide bonds. The number of nitrogens with one attached hydrogen (secondary N) is 1. The van der Waals surface area contributed by atoms with Crippen molar-refractivity contribution in [3.8, 4) is 6.07 Å². The summed E-state index contributed by atoms with van der Waals surface area (Å²) < 4.78 is 12.3. The summed E-state index contributed by atoms with van der Waals surface area (Å²) in [5, 5.41) is 12.3. The fourth-order valence-corrected chi connectivity index (χ4v) is 3.53. The van der Waals surface area contributed by atoms with Crippen LogP contribution in [0, 0.1) is 18.3 Å². The van der Waals surface area contributed by atoms with Crippen molar-refractivity contribution < 1.29 is 14.1 Å². The fourth-order valence-electron chi connectivity index (χ4n) is 3.53. The predicted molar refractivity (Wildman–Crippen MR) is 116 cm³/mol. The zero-order valence-electron chi connectivity index (χ0n) is 18.1. The molecule has 2 aromatic rings. The van der Waals surface area contributed by atoms with E-state index in [0.717, 1.165) is 23.9 Å². The maximum Gasteiger partial charge on any atom is 0.495 e. The van der Waals surface area contributed by atoms with Gasteiger partial charge in [-0.15, -0.1) is 0 Å². The van der Waals surface area contributed by atoms with Gasteiger partial charge in [0.25, 0.3) is 5.91 Å². The number of amides is 1. The number of pyridine rings is 1. The summed E-state index contributed by atoms with van der Waals surface area (Å²) in [6, 6.07) is 11.4. The van der Waals surface area contributed by atoms with Crippen molar-refractivity contribution in [3.63, 3.8) is 0 Å². The van der Waals surface area contributed by atoms with Gasteiger partial charge < -0.3 is 14.6 Å². The van der Waals surface area contributed by atoms with Crippen molar-refractivity contribution in [1.29, 1.82) is 5.26 Å². The van der Waals surface area contributed by atoms with Crippen molar-refractivity contribution in [2.24, 2.45) is 0 Å². The van der Waals surface area contributed by atoms with Gasteiger partial charge in [-0.2, -0.15) is 5.26 Å². The topological polar surface area (TPSA) is 84.2 Å². The first-order valence-corrected chi connectivity index (χ1v) is 10.2. The number of carbonyl (C=O) groups is 1. The molecule has 0 atom stereocenters. The second kappa shape index (κ2) is 6.93. The lowest BCUT2D eigenvalue weighted by molar-refractivity contribution is 0.00578. The molecule has 0 bridgehead atoms. The number of aromatic nitrogens is 1. The Morgan fingerprint density at radius 2 is 1.80 bits per heavy atom. The Labute approximate surface area is 177 Å². The SMILES string of the molecule is Cc1ccc(NC(=O)c2ccnc(C3(C#N)CC3)c2)cc1B1OC(C)(C)C(C)(C)O1. The number of hydrogen-bond donors (Lipinski definition) is 1. The Morgan fingerprint density at radius 1 is 1.13 bits per heavy atom. The molecule has 6 nitrogen and oxygen atoms in total. The summed E-state index contributed by atoms with van der Waals surface area (Å²) in [6.07, 6.45) is 3.17. The van der Waals surface area contributed by atoms with Crippen LogP contribution < -0.4 is 10.8 Å². The molecular formula is C23H26BN3O3. The lowest BCUT2D eigenvalue weighted by Crippen LogP contribution is -2.41. The van der Waals surface area contributed by atoms with Crippen molar-refractivity contribution in [1.82, 2.24) is 4.98 Å². The highest BCUT2D eigenvalue weighted by atomic mass is 16.7. The number of hydrogen-bond acceptors (Lipinski definition) is 5. The molecule has 7 heteroatoms. The Morgan fingerprint density at radius 3 is 2.40 bits per heavy atom. The zero-order valence-corrected chi connectivity index (χ0v) is 18.1. The molecule has 1 aromatic carbocycles. The van der Waals surface area contributed by atoms with Gasteiger partial charge in [-0.25, -0.2) is 0 Å². The van der Waals surface area contributed by atoms with E-state index in [-0.39, 0.29) is 5.91 Å². The summed E-state index contributed by atoms with van der Waals surface area (Å²) >= 11 is 0. The van der Waals surface area contributed by atoms with Crippen LogP contribution in [-0.4, -0.2) is 29.2 Å². The van der Waals surface area contributed by atoms with Crippen molar-refractivity contribution in [2.75, 3.05) is 5.32 Å². The van der Waals surface area contributed by atoms with Gasteiger partial charge in [0.15, 0.2) is 0 Å². The smallest absolute Gasteiger partial charge is 0.399 e. The lowest BCUT2D eigenvalue weighted by atomic mass is 9.76. The first kappa shape index (κ1) is 20.6. The van der Waals surface area contributed by atoms with Gasteiger partial charge in [-0.3, -0.25) is 9.78 Å². The maximum atomic E-state index is 12.8. The lowest BCUT2D eigenvalue weighted by Gasteiger charge is -2.32. The first-order chi connectivity index (χ1) is 14.1. The molecule has 1 aromatic heterocycles. The Hall–Kier alpha value is -2.69. The zero-order chi connectivity index (χ0) is 21.7. The van der Waals surface area contributed by atoms with E-state index in [0.29, 0.717) is 16.9 Å². The monoisotopic (exact) mass is 403 g/mol. The molecule has 0 unspecified atom stereocenters. The number of benzene rings is 1. The normalized spacial score (nSPS) is 20.5. The van der Waals surface area contributed by atoms with E-state index < -0.39 is 23.7 Å². The Kier molecular flexibility index (Phi) is 4.76. The summed E-state index contributed by atoms with van der Waals surface area (Å²) in [6.45, 7) is 10.1. The van der Waals surface area contributed by atoms with Gasteiger partial charge >= 0.3 is 7.12 Å². The van der Waals surface area contributed by atoms with E-state index in [1.165, 1.54) is 0 Å². The summed E-state index contributed by atoms with van der Waals surface area (Å²) in [7, 11) is -0.496. The summed E-state index contributed by atoms with van der Waals surface area (Å²) in [5.41, 5.74) is 2.34. The van der Waals surface area contributed by atoms with Gasteiger partial charge in [-0.1, -0.05) is 11.6 Å². The molecule has 2 fully saturated rings. The number of rotatable bonds is 4. The largest absolute Gasteiger partial charge is 0.495 e. The third-order valence-electron chi connectivity index (χ3n) is 6.52. The second-order valence-electron chi connectivity index (χ2n) is 9.24. The molecule has 154 valence electrons. The van der Waals surface area contributed by atoms with Gasteiger partial charge in [0.05, 0.1) is 28.4 Å². The van der Waals surface area contributed by atoms with Crippen LogP contribution in [0.5, 0.6) is 0 Å². The minimum atomic E-state index is -0.524. The third kappa shape index (κ3) is 3.51. The van der Waals surface area contributed by atoms with Crippen LogP contribution in [0.3, 0.4) is 0 Å². The van der Waals surface area contributed by atoms with E-state index in [9.17, 15) is 10.1 Å². The molecule has 0 spiro atoms. The Bertz CT molecular complexity index is 1040. The van der Waals surface area contributed by atoms with E-state index in [1.54, 1.807) is 18.3 Å². The van der Waals surface area contributed by atoms with Crippen LogP contribution in [0.15, 0.2) is 36.5 Å². The molecule has 2 aliphatic rings. The summed E-state index contributed by atoms with van der Waals surface area (Å²) in [5.74, 6) is -0.240. The van der Waals surface area contributed by atoms with Gasteiger partial charge in [-0.05, 0) is 77.2 Å². The van der Waals surface area contributed by atoms with Gasteiger partial charge in [0.2, 0.25) is 0 Å². The molecular weight excluding hydrogens is 377 g/mol. The number of anilines is 1. The molecule has 1 N–H and O–H groups in total. The molecule has 1 aliphatic carbocycles. The highest BCUT2D eigenvalue weighted by molar-refractivity contribution is 6.62. The quantitative estimate of drug-likeness (QED) is 0.790. The standard InChI is InChI=1S/C23H26BN3O3/c1-15-6-7-17(13-18(15)24-29-21(2,3)22(4,5)30-24)27-20(28)16-8-11-26-19(12-16)23(14-25)9-10-23/h6-8,11-13H,9-10H2,1-5H3,(H,27,28). The van der Waals surface area contributed by atoms with Gasteiger partial charge in [0.1, 0.15) is 0 Å². The molecule has 2 heterocycles. The van der Waals surface area contributed by atoms with Crippen molar-refractivity contribution >= 4 is 24.2 Å². The van der Waals surface area contributed by atoms with Crippen LogP contribution in [0.4, 0.5) is 5.69 Å². The van der Waals surface area contributed by atoms with E-state index >= 15 is 0 Å². The van der Waals surface area contributed by atoms with Crippen LogP contribution in [0.2, 0.25) is 0 Å². The number of nitrogens with zero attached hydrogens (tertiary/aromatic N) is 2. The molecule has 30 heavy (non-hydrogen) atoms. The average Bonchev–Trinajstić information content (AvgIpc) is 3.46. The molecule has 1 saturated heterocycles. The first-order valence-electron chi connectivity index (χ1n) is 10.2. The number of nitriles is 1. The minimum absolute atomic E-state index is 0.240. The fraction of sp³-hybridized carbons (Fsp3) is 0.435. The highest BCUT2D eigenvalue weighted by Crippen LogP contribution is 2.46. The molecule has 1 saturated carbocycles. The molecule has 1 aliphatic heterocycles. The van der Waals surface area contributed by atoms with E-state index in [1.807, 2.05) is 52.8 Å². The van der Waals surface area contributed by atoms with E-state index in [2.05, 4.69) is 16.4 Å². The van der Waals surface area contributed by atoms with E-state index in [4.69, 9.17) is 9.31 Å². The predicted octanol–water partition coefficient (Wildman–Crippen LogP) is 3.50. The Balaban J connectivity index is 1.55. The van der Waals surface area contributed by atoms with Gasteiger partial charge in [0, 0.05) is 17.4 Å². The third-order valence-corrected chi connectivity index (χ3v) is 6.52. The number of aryl methyl sites for hydroxylation is 1. The molecule has 4 rings (SSSR count). The summed E-state index contributed by atoms with van der Waals surface area (Å²) in [4.78, 5) is 17.1. The van der Waals surface area contributed by atoms with Crippen LogP contribution in [0.25, 0.3) is 0 Å². The second-order valence-corrected chi connectivity index (χ2v) is 9.24. The van der Waals surface area contributed by atoms with Crippen LogP contribution in [0.1, 0.15) is 62.2 Å². The van der Waals surface area contributed by atoms with Crippen LogP contribution >= 0.6 is 0 Å². The highest BCUT2D eigenvalue weighted by Gasteiger charge is 2.52. The average molecular weight is 403 g/mol. The number of carbonyl (C=O) groups excluding carboxylic acids is 1. The maximum absolute atomic E-state index is 12.8. The van der Waals surface area contributed by atoms with Crippen molar-refractivity contribution in [2.45, 2.75) is 64.1 Å².